The van der Waals surface area contributed by atoms with Crippen molar-refractivity contribution < 1.29 is 4.39 Å². The Morgan fingerprint density at radius 2 is 2.17 bits per heavy atom. The van der Waals surface area contributed by atoms with Gasteiger partial charge in [-0.05, 0) is 31.5 Å². The van der Waals surface area contributed by atoms with E-state index in [1.165, 1.54) is 17.2 Å². The van der Waals surface area contributed by atoms with Crippen LogP contribution in [0.3, 0.4) is 0 Å². The third kappa shape index (κ3) is 1.58. The second kappa shape index (κ2) is 4.25. The van der Waals surface area contributed by atoms with Crippen molar-refractivity contribution in [3.05, 3.63) is 41.3 Å². The first-order valence-corrected chi connectivity index (χ1v) is 6.34. The largest absolute Gasteiger partial charge is 0.345 e. The second-order valence-electron chi connectivity index (χ2n) is 4.84. The minimum Gasteiger partial charge on any atom is -0.345 e. The van der Waals surface area contributed by atoms with E-state index in [1.807, 2.05) is 17.7 Å². The van der Waals surface area contributed by atoms with Crippen LogP contribution in [0.2, 0.25) is 0 Å². The molecule has 18 heavy (non-hydrogen) atoms. The first kappa shape index (κ1) is 11.5. The number of rotatable bonds is 1. The molecule has 0 saturated heterocycles. The van der Waals surface area contributed by atoms with Crippen molar-refractivity contribution in [2.24, 2.45) is 7.05 Å². The van der Waals surface area contributed by atoms with Crippen LogP contribution in [0.25, 0.3) is 16.5 Å². The molecule has 0 radical (unpaired) electrons. The van der Waals surface area contributed by atoms with Gasteiger partial charge < -0.3 is 9.88 Å². The number of fused-ring (bicyclic) bond motifs is 1. The number of aryl methyl sites for hydroxylation is 1. The lowest BCUT2D eigenvalue weighted by molar-refractivity contribution is 0.631. The molecule has 0 saturated carbocycles. The molecule has 0 unspecified atom stereocenters. The average Bonchev–Trinajstić information content (AvgIpc) is 2.64. The van der Waals surface area contributed by atoms with E-state index in [0.717, 1.165) is 30.6 Å². The van der Waals surface area contributed by atoms with Crippen LogP contribution in [0.15, 0.2) is 24.3 Å². The quantitative estimate of drug-likeness (QED) is 0.816. The fourth-order valence-corrected chi connectivity index (χ4v) is 2.84. The van der Waals surface area contributed by atoms with Gasteiger partial charge in [0.2, 0.25) is 0 Å². The predicted molar refractivity (Wildman–Crippen MR) is 73.1 cm³/mol. The number of para-hydroxylation sites is 1. The van der Waals surface area contributed by atoms with E-state index >= 15 is 0 Å². The van der Waals surface area contributed by atoms with Crippen LogP contribution in [0.4, 0.5) is 4.39 Å². The molecule has 1 aromatic carbocycles. The summed E-state index contributed by atoms with van der Waals surface area (Å²) in [5.41, 5.74) is 4.41. The maximum absolute atomic E-state index is 14.0. The van der Waals surface area contributed by atoms with Crippen LogP contribution in [-0.4, -0.2) is 17.7 Å². The van der Waals surface area contributed by atoms with E-state index < -0.39 is 0 Å². The Hall–Kier alpha value is -1.61. The van der Waals surface area contributed by atoms with E-state index in [9.17, 15) is 4.39 Å². The molecule has 0 spiro atoms. The number of benzene rings is 1. The highest BCUT2D eigenvalue weighted by atomic mass is 19.1. The molecule has 3 heteroatoms. The molecule has 0 atom stereocenters. The van der Waals surface area contributed by atoms with E-state index in [2.05, 4.69) is 18.3 Å². The second-order valence-corrected chi connectivity index (χ2v) is 4.84. The summed E-state index contributed by atoms with van der Waals surface area (Å²) in [7, 11) is 1.94. The van der Waals surface area contributed by atoms with Gasteiger partial charge in [-0.1, -0.05) is 18.2 Å². The topological polar surface area (TPSA) is 17.0 Å². The van der Waals surface area contributed by atoms with Gasteiger partial charge in [0.05, 0.1) is 5.52 Å². The zero-order chi connectivity index (χ0) is 12.7. The van der Waals surface area contributed by atoms with E-state index in [-0.39, 0.29) is 5.82 Å². The molecule has 1 aliphatic rings. The minimum absolute atomic E-state index is 0.140. The van der Waals surface area contributed by atoms with Gasteiger partial charge in [-0.3, -0.25) is 0 Å². The molecule has 0 aliphatic carbocycles. The number of hydrogen-bond acceptors (Lipinski definition) is 1. The molecular weight excluding hydrogens is 227 g/mol. The summed E-state index contributed by atoms with van der Waals surface area (Å²) in [5, 5.41) is 4.34. The fraction of sp³-hybridized carbons (Fsp3) is 0.333. The van der Waals surface area contributed by atoms with Crippen LogP contribution in [0.1, 0.15) is 17.7 Å². The fourth-order valence-electron chi connectivity index (χ4n) is 2.84. The Morgan fingerprint density at radius 1 is 1.33 bits per heavy atom. The van der Waals surface area contributed by atoms with Crippen LogP contribution >= 0.6 is 0 Å². The van der Waals surface area contributed by atoms with Gasteiger partial charge in [0.25, 0.3) is 0 Å². The average molecular weight is 244 g/mol. The van der Waals surface area contributed by atoms with Gasteiger partial charge in [0, 0.05) is 30.2 Å². The smallest absolute Gasteiger partial charge is 0.147 e. The molecule has 1 N–H and O–H groups in total. The number of nitrogens with zero attached hydrogens (tertiary/aromatic N) is 1. The molecule has 1 aliphatic heterocycles. The Labute approximate surface area is 106 Å². The van der Waals surface area contributed by atoms with Gasteiger partial charge >= 0.3 is 0 Å². The van der Waals surface area contributed by atoms with E-state index in [4.69, 9.17) is 0 Å². The van der Waals surface area contributed by atoms with Gasteiger partial charge in [-0.15, -0.1) is 0 Å². The van der Waals surface area contributed by atoms with Gasteiger partial charge in [-0.2, -0.15) is 0 Å². The van der Waals surface area contributed by atoms with Crippen LogP contribution in [0.5, 0.6) is 0 Å². The lowest BCUT2D eigenvalue weighted by atomic mass is 9.97. The van der Waals surface area contributed by atoms with Crippen LogP contribution < -0.4 is 5.32 Å². The Kier molecular flexibility index (Phi) is 2.71. The maximum Gasteiger partial charge on any atom is 0.147 e. The van der Waals surface area contributed by atoms with Crippen molar-refractivity contribution in [3.63, 3.8) is 0 Å². The van der Waals surface area contributed by atoms with Crippen molar-refractivity contribution in [1.29, 1.82) is 0 Å². The first-order valence-electron chi connectivity index (χ1n) is 6.34. The molecule has 94 valence electrons. The lowest BCUT2D eigenvalue weighted by Crippen LogP contribution is -2.20. The molecule has 1 aromatic heterocycles. The van der Waals surface area contributed by atoms with Gasteiger partial charge in [-0.25, -0.2) is 4.39 Å². The van der Waals surface area contributed by atoms with Crippen LogP contribution in [-0.2, 0) is 7.05 Å². The summed E-state index contributed by atoms with van der Waals surface area (Å²) in [4.78, 5) is 0. The molecule has 2 nitrogen and oxygen atoms in total. The van der Waals surface area contributed by atoms with Gasteiger partial charge in [0.1, 0.15) is 5.82 Å². The molecule has 0 fully saturated rings. The Balaban J connectivity index is 2.32. The standard InChI is InChI=1S/C15H17FN2/c1-10-14(11-6-8-17-9-7-11)12-4-3-5-13(16)15(12)18(10)2/h3-6,17H,7-9H2,1-2H3. The Morgan fingerprint density at radius 3 is 2.89 bits per heavy atom. The summed E-state index contributed by atoms with van der Waals surface area (Å²) >= 11 is 0. The maximum atomic E-state index is 14.0. The number of halogens is 1. The molecule has 3 rings (SSSR count). The number of hydrogen-bond donors (Lipinski definition) is 1. The number of nitrogens with one attached hydrogen (secondary N) is 1. The van der Waals surface area contributed by atoms with Crippen molar-refractivity contribution in [2.45, 2.75) is 13.3 Å². The zero-order valence-electron chi connectivity index (χ0n) is 10.8. The molecule has 0 amide bonds. The van der Waals surface area contributed by atoms with E-state index in [0.29, 0.717) is 5.52 Å². The highest BCUT2D eigenvalue weighted by molar-refractivity contribution is 5.95. The first-order chi connectivity index (χ1) is 8.70. The van der Waals surface area contributed by atoms with Crippen LogP contribution in [0, 0.1) is 12.7 Å². The highest BCUT2D eigenvalue weighted by Gasteiger charge is 2.18. The predicted octanol–water partition coefficient (Wildman–Crippen LogP) is 3.00. The molecule has 2 aromatic rings. The van der Waals surface area contributed by atoms with Crippen molar-refractivity contribution in [3.8, 4) is 0 Å². The summed E-state index contributed by atoms with van der Waals surface area (Å²) < 4.78 is 15.9. The normalized spacial score (nSPS) is 16.1. The Bertz CT molecular complexity index is 637. The highest BCUT2D eigenvalue weighted by Crippen LogP contribution is 2.33. The van der Waals surface area contributed by atoms with E-state index in [1.54, 1.807) is 6.07 Å². The monoisotopic (exact) mass is 244 g/mol. The van der Waals surface area contributed by atoms with Gasteiger partial charge in [0.15, 0.2) is 0 Å². The third-order valence-electron chi connectivity index (χ3n) is 3.84. The summed E-state index contributed by atoms with van der Waals surface area (Å²) in [6.45, 7) is 3.97. The minimum atomic E-state index is -0.140. The SMILES string of the molecule is Cc1c(C2=CCNCC2)c2cccc(F)c2n1C. The third-order valence-corrected chi connectivity index (χ3v) is 3.84. The lowest BCUT2D eigenvalue weighted by Gasteiger charge is -2.14. The zero-order valence-corrected chi connectivity index (χ0v) is 10.8. The summed E-state index contributed by atoms with van der Waals surface area (Å²) in [6.07, 6.45) is 3.23. The summed E-state index contributed by atoms with van der Waals surface area (Å²) in [6, 6.07) is 5.34. The van der Waals surface area contributed by atoms with Crippen molar-refractivity contribution in [1.82, 2.24) is 9.88 Å². The molecule has 2 heterocycles. The number of aromatic nitrogens is 1. The molecule has 0 bridgehead atoms. The summed E-state index contributed by atoms with van der Waals surface area (Å²) in [5.74, 6) is -0.140. The molecular formula is C15H17FN2. The van der Waals surface area contributed by atoms with Crippen molar-refractivity contribution >= 4 is 16.5 Å². The van der Waals surface area contributed by atoms with Crippen molar-refractivity contribution in [2.75, 3.05) is 13.1 Å².